The van der Waals surface area contributed by atoms with E-state index in [0.29, 0.717) is 6.61 Å². The maximum Gasteiger partial charge on any atom is 0.123 e. The van der Waals surface area contributed by atoms with Gasteiger partial charge in [0.25, 0.3) is 0 Å². The number of aliphatic hydroxyl groups is 1. The zero-order valence-corrected chi connectivity index (χ0v) is 11.7. The molecule has 2 aromatic rings. The molecule has 2 aromatic carbocycles. The number of aliphatic hydroxyl groups excluding tert-OH is 1. The van der Waals surface area contributed by atoms with E-state index in [0.717, 1.165) is 29.8 Å². The van der Waals surface area contributed by atoms with Crippen LogP contribution in [0.3, 0.4) is 0 Å². The van der Waals surface area contributed by atoms with Crippen LogP contribution >= 0.6 is 0 Å². The Labute approximate surface area is 123 Å². The predicted molar refractivity (Wildman–Crippen MR) is 80.1 cm³/mol. The Balaban J connectivity index is 1.69. The second kappa shape index (κ2) is 6.14. The SMILES string of the molecule is OCCOc1ccc(NC2CCc3ccc(F)cc32)cc1. The van der Waals surface area contributed by atoms with Crippen molar-refractivity contribution in [2.75, 3.05) is 18.5 Å². The van der Waals surface area contributed by atoms with Crippen LogP contribution in [0.1, 0.15) is 23.6 Å². The molecule has 21 heavy (non-hydrogen) atoms. The number of fused-ring (bicyclic) bond motifs is 1. The van der Waals surface area contributed by atoms with Gasteiger partial charge >= 0.3 is 0 Å². The molecule has 0 saturated heterocycles. The second-order valence-electron chi connectivity index (χ2n) is 5.18. The normalized spacial score (nSPS) is 16.6. The molecule has 1 aliphatic carbocycles. The molecule has 3 nitrogen and oxygen atoms in total. The third-order valence-corrected chi connectivity index (χ3v) is 3.74. The molecule has 1 aliphatic rings. The first-order valence-electron chi connectivity index (χ1n) is 7.15. The van der Waals surface area contributed by atoms with Gasteiger partial charge < -0.3 is 15.2 Å². The molecule has 0 saturated carbocycles. The van der Waals surface area contributed by atoms with Gasteiger partial charge in [-0.3, -0.25) is 0 Å². The van der Waals surface area contributed by atoms with E-state index < -0.39 is 0 Å². The highest BCUT2D eigenvalue weighted by Crippen LogP contribution is 2.34. The van der Waals surface area contributed by atoms with Crippen molar-refractivity contribution in [1.82, 2.24) is 0 Å². The third-order valence-electron chi connectivity index (χ3n) is 3.74. The minimum atomic E-state index is -0.185. The molecule has 2 N–H and O–H groups in total. The summed E-state index contributed by atoms with van der Waals surface area (Å²) >= 11 is 0. The zero-order chi connectivity index (χ0) is 14.7. The summed E-state index contributed by atoms with van der Waals surface area (Å²) in [5.41, 5.74) is 3.25. The predicted octanol–water partition coefficient (Wildman–Crippen LogP) is 3.30. The number of aryl methyl sites for hydroxylation is 1. The van der Waals surface area contributed by atoms with Crippen molar-refractivity contribution < 1.29 is 14.2 Å². The summed E-state index contributed by atoms with van der Waals surface area (Å²) in [5.74, 6) is 0.544. The van der Waals surface area contributed by atoms with E-state index in [1.165, 1.54) is 11.6 Å². The molecule has 0 aromatic heterocycles. The van der Waals surface area contributed by atoms with Crippen LogP contribution < -0.4 is 10.1 Å². The standard InChI is InChI=1S/C17H18FNO2/c18-13-3-1-12-2-8-17(16(12)11-13)19-14-4-6-15(7-5-14)21-10-9-20/h1,3-7,11,17,19-20H,2,8-10H2. The van der Waals surface area contributed by atoms with Gasteiger partial charge in [-0.25, -0.2) is 4.39 Å². The van der Waals surface area contributed by atoms with Crippen molar-refractivity contribution in [2.24, 2.45) is 0 Å². The van der Waals surface area contributed by atoms with E-state index >= 15 is 0 Å². The van der Waals surface area contributed by atoms with E-state index in [1.54, 1.807) is 6.07 Å². The van der Waals surface area contributed by atoms with Gasteiger partial charge in [0.05, 0.1) is 12.6 Å². The fourth-order valence-corrected chi connectivity index (χ4v) is 2.74. The van der Waals surface area contributed by atoms with Crippen molar-refractivity contribution >= 4 is 5.69 Å². The molecule has 0 heterocycles. The Bertz CT molecular complexity index is 613. The first-order valence-corrected chi connectivity index (χ1v) is 7.15. The molecule has 0 amide bonds. The maximum absolute atomic E-state index is 13.4. The Hall–Kier alpha value is -2.07. The number of nitrogens with one attached hydrogen (secondary N) is 1. The number of halogens is 1. The number of anilines is 1. The summed E-state index contributed by atoms with van der Waals surface area (Å²) in [5, 5.41) is 12.2. The number of ether oxygens (including phenoxy) is 1. The Morgan fingerprint density at radius 3 is 2.76 bits per heavy atom. The number of rotatable bonds is 5. The zero-order valence-electron chi connectivity index (χ0n) is 11.7. The smallest absolute Gasteiger partial charge is 0.123 e. The fourth-order valence-electron chi connectivity index (χ4n) is 2.74. The average molecular weight is 287 g/mol. The summed E-state index contributed by atoms with van der Waals surface area (Å²) in [7, 11) is 0. The molecule has 0 spiro atoms. The van der Waals surface area contributed by atoms with Crippen LogP contribution in [-0.4, -0.2) is 18.3 Å². The fraction of sp³-hybridized carbons (Fsp3) is 0.294. The van der Waals surface area contributed by atoms with E-state index in [-0.39, 0.29) is 18.5 Å². The molecule has 0 bridgehead atoms. The highest BCUT2D eigenvalue weighted by atomic mass is 19.1. The lowest BCUT2D eigenvalue weighted by Gasteiger charge is -2.16. The van der Waals surface area contributed by atoms with E-state index in [9.17, 15) is 4.39 Å². The summed E-state index contributed by atoms with van der Waals surface area (Å²) < 4.78 is 18.7. The van der Waals surface area contributed by atoms with Gasteiger partial charge in [-0.2, -0.15) is 0 Å². The summed E-state index contributed by atoms with van der Waals surface area (Å²) in [6.45, 7) is 0.298. The van der Waals surface area contributed by atoms with Crippen LogP contribution in [0, 0.1) is 5.82 Å². The minimum absolute atomic E-state index is 0.00439. The first-order chi connectivity index (χ1) is 10.3. The van der Waals surface area contributed by atoms with Crippen molar-refractivity contribution in [3.05, 3.63) is 59.4 Å². The number of hydrogen-bond acceptors (Lipinski definition) is 3. The highest BCUT2D eigenvalue weighted by Gasteiger charge is 2.22. The van der Waals surface area contributed by atoms with Crippen LogP contribution in [-0.2, 0) is 6.42 Å². The van der Waals surface area contributed by atoms with Gasteiger partial charge in [0, 0.05) is 5.69 Å². The molecule has 4 heteroatoms. The quantitative estimate of drug-likeness (QED) is 0.886. The summed E-state index contributed by atoms with van der Waals surface area (Å²) in [4.78, 5) is 0. The highest BCUT2D eigenvalue weighted by molar-refractivity contribution is 5.50. The van der Waals surface area contributed by atoms with Crippen LogP contribution in [0.5, 0.6) is 5.75 Å². The Kier molecular flexibility index (Phi) is 4.06. The Morgan fingerprint density at radius 2 is 2.00 bits per heavy atom. The van der Waals surface area contributed by atoms with Gasteiger partial charge in [-0.15, -0.1) is 0 Å². The minimum Gasteiger partial charge on any atom is -0.491 e. The van der Waals surface area contributed by atoms with Crippen molar-refractivity contribution in [3.63, 3.8) is 0 Å². The van der Waals surface area contributed by atoms with Crippen LogP contribution in [0.15, 0.2) is 42.5 Å². The molecule has 0 aliphatic heterocycles. The van der Waals surface area contributed by atoms with Gasteiger partial charge in [0.2, 0.25) is 0 Å². The van der Waals surface area contributed by atoms with E-state index in [1.807, 2.05) is 30.3 Å². The molecule has 0 radical (unpaired) electrons. The molecule has 3 rings (SSSR count). The topological polar surface area (TPSA) is 41.5 Å². The largest absolute Gasteiger partial charge is 0.491 e. The molecule has 110 valence electrons. The van der Waals surface area contributed by atoms with Gasteiger partial charge in [-0.1, -0.05) is 6.07 Å². The van der Waals surface area contributed by atoms with Gasteiger partial charge in [0.15, 0.2) is 0 Å². The van der Waals surface area contributed by atoms with Crippen molar-refractivity contribution in [1.29, 1.82) is 0 Å². The first kappa shape index (κ1) is 13.9. The molecule has 0 fully saturated rings. The van der Waals surface area contributed by atoms with Crippen LogP contribution in [0.4, 0.5) is 10.1 Å². The van der Waals surface area contributed by atoms with Gasteiger partial charge in [-0.05, 0) is 60.4 Å². The summed E-state index contributed by atoms with van der Waals surface area (Å²) in [6.07, 6.45) is 1.95. The average Bonchev–Trinajstić information content (AvgIpc) is 2.89. The van der Waals surface area contributed by atoms with Crippen molar-refractivity contribution in [2.45, 2.75) is 18.9 Å². The lowest BCUT2D eigenvalue weighted by molar-refractivity contribution is 0.201. The maximum atomic E-state index is 13.4. The summed E-state index contributed by atoms with van der Waals surface area (Å²) in [6, 6.07) is 12.8. The van der Waals surface area contributed by atoms with Crippen LogP contribution in [0.2, 0.25) is 0 Å². The molecule has 1 unspecified atom stereocenters. The molecular formula is C17H18FNO2. The van der Waals surface area contributed by atoms with Crippen molar-refractivity contribution in [3.8, 4) is 5.75 Å². The van der Waals surface area contributed by atoms with E-state index in [4.69, 9.17) is 9.84 Å². The lowest BCUT2D eigenvalue weighted by Crippen LogP contribution is -2.07. The lowest BCUT2D eigenvalue weighted by atomic mass is 10.1. The molecule has 1 atom stereocenters. The second-order valence-corrected chi connectivity index (χ2v) is 5.18. The Morgan fingerprint density at radius 1 is 1.19 bits per heavy atom. The number of benzene rings is 2. The third kappa shape index (κ3) is 3.16. The number of hydrogen-bond donors (Lipinski definition) is 2. The van der Waals surface area contributed by atoms with Crippen LogP contribution in [0.25, 0.3) is 0 Å². The molecular weight excluding hydrogens is 269 g/mol. The van der Waals surface area contributed by atoms with Gasteiger partial charge in [0.1, 0.15) is 18.2 Å². The monoisotopic (exact) mass is 287 g/mol. The van der Waals surface area contributed by atoms with E-state index in [2.05, 4.69) is 5.32 Å².